The van der Waals surface area contributed by atoms with Crippen LogP contribution in [0, 0.1) is 0 Å². The number of carbonyl (C=O) groups excluding carboxylic acids is 2. The Morgan fingerprint density at radius 1 is 1.27 bits per heavy atom. The van der Waals surface area contributed by atoms with Crippen LogP contribution in [-0.4, -0.2) is 43.5 Å². The van der Waals surface area contributed by atoms with Crippen LogP contribution < -0.4 is 10.5 Å². The first-order chi connectivity index (χ1) is 12.5. The molecular formula is C19H22N2O4S. The Balaban J connectivity index is 1.69. The topological polar surface area (TPSA) is 81.9 Å². The number of fused-ring (bicyclic) bond motifs is 1. The van der Waals surface area contributed by atoms with E-state index >= 15 is 0 Å². The molecule has 26 heavy (non-hydrogen) atoms. The molecule has 0 radical (unpaired) electrons. The van der Waals surface area contributed by atoms with E-state index in [1.165, 1.54) is 11.3 Å². The van der Waals surface area contributed by atoms with Gasteiger partial charge in [0.25, 0.3) is 0 Å². The Hall–Kier alpha value is -2.38. The van der Waals surface area contributed by atoms with Crippen molar-refractivity contribution >= 4 is 28.1 Å². The largest absolute Gasteiger partial charge is 0.497 e. The number of hydrogen-bond acceptors (Lipinski definition) is 7. The Morgan fingerprint density at radius 3 is 2.65 bits per heavy atom. The van der Waals surface area contributed by atoms with Gasteiger partial charge >= 0.3 is 5.97 Å². The summed E-state index contributed by atoms with van der Waals surface area (Å²) in [7, 11) is 1.60. The molecule has 1 aliphatic heterocycles. The molecule has 2 N–H and O–H groups in total. The molecule has 1 aliphatic rings. The van der Waals surface area contributed by atoms with Crippen molar-refractivity contribution in [1.29, 1.82) is 0 Å². The van der Waals surface area contributed by atoms with Crippen LogP contribution in [0.15, 0.2) is 24.3 Å². The number of esters is 1. The third-order valence-corrected chi connectivity index (χ3v) is 5.47. The minimum Gasteiger partial charge on any atom is -0.497 e. The maximum absolute atomic E-state index is 12.5. The van der Waals surface area contributed by atoms with Crippen LogP contribution in [0.5, 0.6) is 5.75 Å². The van der Waals surface area contributed by atoms with Crippen LogP contribution in [0.4, 0.5) is 5.00 Å². The summed E-state index contributed by atoms with van der Waals surface area (Å²) in [5.41, 5.74) is 8.18. The number of methoxy groups -OCH3 is 1. The molecule has 138 valence electrons. The molecule has 0 bridgehead atoms. The molecule has 3 rings (SSSR count). The monoisotopic (exact) mass is 374 g/mol. The number of carbonyl (C=O) groups is 2. The number of nitrogens with zero attached hydrogens (tertiary/aromatic N) is 1. The van der Waals surface area contributed by atoms with Gasteiger partial charge in [0.05, 0.1) is 25.8 Å². The van der Waals surface area contributed by atoms with Gasteiger partial charge in [-0.2, -0.15) is 0 Å². The van der Waals surface area contributed by atoms with Gasteiger partial charge in [-0.05, 0) is 43.2 Å². The van der Waals surface area contributed by atoms with Gasteiger partial charge in [0, 0.05) is 23.5 Å². The predicted octanol–water partition coefficient (Wildman–Crippen LogP) is 2.76. The summed E-state index contributed by atoms with van der Waals surface area (Å²) in [4.78, 5) is 27.8. The fourth-order valence-corrected chi connectivity index (χ4v) is 4.26. The van der Waals surface area contributed by atoms with E-state index in [9.17, 15) is 9.59 Å². The van der Waals surface area contributed by atoms with E-state index in [4.69, 9.17) is 15.2 Å². The van der Waals surface area contributed by atoms with Gasteiger partial charge in [0.15, 0.2) is 5.78 Å². The number of rotatable bonds is 6. The lowest BCUT2D eigenvalue weighted by atomic mass is 10.0. The molecule has 0 fully saturated rings. The van der Waals surface area contributed by atoms with E-state index in [1.54, 1.807) is 38.3 Å². The Morgan fingerprint density at radius 2 is 2.00 bits per heavy atom. The summed E-state index contributed by atoms with van der Waals surface area (Å²) >= 11 is 1.41. The highest BCUT2D eigenvalue weighted by atomic mass is 32.1. The van der Waals surface area contributed by atoms with Gasteiger partial charge in [-0.25, -0.2) is 4.79 Å². The van der Waals surface area contributed by atoms with E-state index in [0.717, 1.165) is 16.2 Å². The molecule has 0 spiro atoms. The third kappa shape index (κ3) is 3.73. The molecule has 0 unspecified atom stereocenters. The van der Waals surface area contributed by atoms with Crippen molar-refractivity contribution in [3.63, 3.8) is 0 Å². The van der Waals surface area contributed by atoms with Crippen LogP contribution in [0.25, 0.3) is 0 Å². The number of Topliss-reactive ketones (excluding diaryl/α,β-unsaturated/α-hetero) is 1. The van der Waals surface area contributed by atoms with Crippen LogP contribution in [0.3, 0.4) is 0 Å². The van der Waals surface area contributed by atoms with Crippen molar-refractivity contribution in [3.8, 4) is 5.75 Å². The van der Waals surface area contributed by atoms with E-state index in [1.807, 2.05) is 0 Å². The standard InChI is InChI=1S/C19H22N2O4S/c1-3-25-19(23)17-14-8-9-21(11-16(14)26-18(17)20)10-15(22)12-4-6-13(24-2)7-5-12/h4-7H,3,8-11,20H2,1-2H3. The summed E-state index contributed by atoms with van der Waals surface area (Å²) in [5, 5.41) is 0.497. The number of ether oxygens (including phenoxy) is 2. The number of hydrogen-bond donors (Lipinski definition) is 1. The molecule has 0 atom stereocenters. The molecular weight excluding hydrogens is 352 g/mol. The number of ketones is 1. The smallest absolute Gasteiger partial charge is 0.341 e. The lowest BCUT2D eigenvalue weighted by Crippen LogP contribution is -2.34. The molecule has 6 nitrogen and oxygen atoms in total. The summed E-state index contributed by atoms with van der Waals surface area (Å²) in [6, 6.07) is 7.12. The van der Waals surface area contributed by atoms with Crippen molar-refractivity contribution in [2.45, 2.75) is 19.9 Å². The van der Waals surface area contributed by atoms with Crippen LogP contribution in [-0.2, 0) is 17.7 Å². The summed E-state index contributed by atoms with van der Waals surface area (Å²) in [6.45, 7) is 3.76. The lowest BCUT2D eigenvalue weighted by Gasteiger charge is -2.26. The van der Waals surface area contributed by atoms with E-state index < -0.39 is 0 Å². The number of anilines is 1. The SMILES string of the molecule is CCOC(=O)c1c(N)sc2c1CCN(CC(=O)c1ccc(OC)cc1)C2. The van der Waals surface area contributed by atoms with Gasteiger partial charge in [0.1, 0.15) is 10.8 Å². The Kier molecular flexibility index (Phi) is 5.58. The van der Waals surface area contributed by atoms with Gasteiger partial charge in [0.2, 0.25) is 0 Å². The minimum absolute atomic E-state index is 0.0613. The first kappa shape index (κ1) is 18.4. The molecule has 0 amide bonds. The second-order valence-corrected chi connectivity index (χ2v) is 7.21. The van der Waals surface area contributed by atoms with Gasteiger partial charge < -0.3 is 15.2 Å². The maximum atomic E-state index is 12.5. The van der Waals surface area contributed by atoms with Gasteiger partial charge in [-0.3, -0.25) is 9.69 Å². The zero-order valence-electron chi connectivity index (χ0n) is 14.9. The maximum Gasteiger partial charge on any atom is 0.341 e. The summed E-state index contributed by atoms with van der Waals surface area (Å²) in [6.07, 6.45) is 0.688. The van der Waals surface area contributed by atoms with Crippen molar-refractivity contribution < 1.29 is 19.1 Å². The fourth-order valence-electron chi connectivity index (χ4n) is 3.11. The highest BCUT2D eigenvalue weighted by Gasteiger charge is 2.28. The van der Waals surface area contributed by atoms with Crippen LogP contribution >= 0.6 is 11.3 Å². The zero-order chi connectivity index (χ0) is 18.7. The van der Waals surface area contributed by atoms with E-state index in [-0.39, 0.29) is 11.8 Å². The molecule has 2 aromatic rings. The Bertz CT molecular complexity index is 814. The molecule has 1 aromatic heterocycles. The van der Waals surface area contributed by atoms with Gasteiger partial charge in [-0.1, -0.05) is 0 Å². The number of thiophene rings is 1. The normalized spacial score (nSPS) is 13.9. The van der Waals surface area contributed by atoms with Crippen molar-refractivity contribution in [2.24, 2.45) is 0 Å². The Labute approximate surface area is 156 Å². The minimum atomic E-state index is -0.356. The predicted molar refractivity (Wildman–Crippen MR) is 101 cm³/mol. The average Bonchev–Trinajstić information content (AvgIpc) is 2.97. The molecule has 7 heteroatoms. The molecule has 0 saturated heterocycles. The highest BCUT2D eigenvalue weighted by molar-refractivity contribution is 7.16. The van der Waals surface area contributed by atoms with Crippen molar-refractivity contribution in [2.75, 3.05) is 32.5 Å². The summed E-state index contributed by atoms with van der Waals surface area (Å²) < 4.78 is 10.2. The van der Waals surface area contributed by atoms with Crippen LogP contribution in [0.1, 0.15) is 38.1 Å². The highest BCUT2D eigenvalue weighted by Crippen LogP contribution is 2.35. The van der Waals surface area contributed by atoms with Crippen LogP contribution in [0.2, 0.25) is 0 Å². The molecule has 0 saturated carbocycles. The number of benzene rings is 1. The number of nitrogen functional groups attached to an aromatic ring is 1. The average molecular weight is 374 g/mol. The first-order valence-electron chi connectivity index (χ1n) is 8.50. The van der Waals surface area contributed by atoms with Gasteiger partial charge in [-0.15, -0.1) is 11.3 Å². The molecule has 2 heterocycles. The van der Waals surface area contributed by atoms with E-state index in [0.29, 0.717) is 48.8 Å². The van der Waals surface area contributed by atoms with Crippen molar-refractivity contribution in [1.82, 2.24) is 4.90 Å². The summed E-state index contributed by atoms with van der Waals surface area (Å²) in [5.74, 6) is 0.432. The number of nitrogens with two attached hydrogens (primary N) is 1. The zero-order valence-corrected chi connectivity index (χ0v) is 15.7. The molecule has 0 aliphatic carbocycles. The lowest BCUT2D eigenvalue weighted by molar-refractivity contribution is 0.0525. The van der Waals surface area contributed by atoms with E-state index in [2.05, 4.69) is 4.90 Å². The van der Waals surface area contributed by atoms with Crippen molar-refractivity contribution in [3.05, 3.63) is 45.8 Å². The molecule has 1 aromatic carbocycles. The first-order valence-corrected chi connectivity index (χ1v) is 9.31. The third-order valence-electron chi connectivity index (χ3n) is 4.42. The fraction of sp³-hybridized carbons (Fsp3) is 0.368. The quantitative estimate of drug-likeness (QED) is 0.618. The second kappa shape index (κ2) is 7.88. The second-order valence-electron chi connectivity index (χ2n) is 6.08.